The van der Waals surface area contributed by atoms with Gasteiger partial charge >= 0.3 is 0 Å². The first-order valence-corrected chi connectivity index (χ1v) is 8.12. The number of hydrogen-bond donors (Lipinski definition) is 1. The number of fused-ring (bicyclic) bond motifs is 2. The van der Waals surface area contributed by atoms with Crippen LogP contribution in [0.15, 0.2) is 43.0 Å². The first-order chi connectivity index (χ1) is 11.3. The highest BCUT2D eigenvalue weighted by Crippen LogP contribution is 2.34. The summed E-state index contributed by atoms with van der Waals surface area (Å²) < 4.78 is 0. The zero-order chi connectivity index (χ0) is 15.4. The van der Waals surface area contributed by atoms with Crippen LogP contribution in [0.3, 0.4) is 0 Å². The zero-order valence-corrected chi connectivity index (χ0v) is 13.1. The summed E-state index contributed by atoms with van der Waals surface area (Å²) in [5.41, 5.74) is 5.63. The second kappa shape index (κ2) is 4.80. The highest BCUT2D eigenvalue weighted by molar-refractivity contribution is 5.82. The van der Waals surface area contributed by atoms with Gasteiger partial charge in [0, 0.05) is 43.4 Å². The predicted octanol–water partition coefficient (Wildman–Crippen LogP) is 2.38. The van der Waals surface area contributed by atoms with Crippen molar-refractivity contribution >= 4 is 16.7 Å². The third-order valence-corrected chi connectivity index (χ3v) is 5.34. The Hall–Kier alpha value is -2.40. The van der Waals surface area contributed by atoms with Gasteiger partial charge < -0.3 is 14.8 Å². The van der Waals surface area contributed by atoms with E-state index in [1.165, 1.54) is 17.8 Å². The maximum atomic E-state index is 4.48. The molecule has 23 heavy (non-hydrogen) atoms. The average molecular weight is 305 g/mol. The molecule has 2 aliphatic heterocycles. The number of rotatable bonds is 2. The first kappa shape index (κ1) is 13.1. The van der Waals surface area contributed by atoms with Crippen LogP contribution in [-0.4, -0.2) is 52.6 Å². The van der Waals surface area contributed by atoms with Crippen molar-refractivity contribution < 1.29 is 0 Å². The molecule has 0 bridgehead atoms. The molecule has 2 fully saturated rings. The number of nitrogens with zero attached hydrogens (tertiary/aromatic N) is 4. The molecule has 5 rings (SSSR count). The molecule has 0 radical (unpaired) electrons. The molecule has 5 nitrogen and oxygen atoms in total. The number of pyridine rings is 1. The molecule has 1 N–H and O–H groups in total. The largest absolute Gasteiger partial charge is 0.368 e. The van der Waals surface area contributed by atoms with Gasteiger partial charge in [0.1, 0.15) is 0 Å². The fourth-order valence-corrected chi connectivity index (χ4v) is 3.98. The molecule has 5 heteroatoms. The first-order valence-electron chi connectivity index (χ1n) is 8.12. The fourth-order valence-electron chi connectivity index (χ4n) is 3.98. The summed E-state index contributed by atoms with van der Waals surface area (Å²) in [7, 11) is 2.22. The molecule has 2 atom stereocenters. The van der Waals surface area contributed by atoms with Crippen LogP contribution in [0.25, 0.3) is 22.2 Å². The number of aromatic amines is 1. The molecule has 2 aromatic heterocycles. The van der Waals surface area contributed by atoms with Crippen LogP contribution in [0.5, 0.6) is 0 Å². The summed E-state index contributed by atoms with van der Waals surface area (Å²) >= 11 is 0. The van der Waals surface area contributed by atoms with Crippen LogP contribution < -0.4 is 4.90 Å². The lowest BCUT2D eigenvalue weighted by atomic mass is 9.93. The van der Waals surface area contributed by atoms with E-state index >= 15 is 0 Å². The summed E-state index contributed by atoms with van der Waals surface area (Å²) in [5.74, 6) is 0.824. The lowest BCUT2D eigenvalue weighted by Gasteiger charge is -2.40. The van der Waals surface area contributed by atoms with Crippen molar-refractivity contribution in [2.75, 3.05) is 31.6 Å². The minimum absolute atomic E-state index is 0.722. The third kappa shape index (κ3) is 2.04. The summed E-state index contributed by atoms with van der Waals surface area (Å²) in [4.78, 5) is 16.9. The molecule has 116 valence electrons. The lowest BCUT2D eigenvalue weighted by molar-refractivity contribution is 0.0827. The van der Waals surface area contributed by atoms with E-state index in [0.717, 1.165) is 41.6 Å². The van der Waals surface area contributed by atoms with Crippen LogP contribution in [0, 0.1) is 5.92 Å². The Kier molecular flexibility index (Phi) is 2.73. The van der Waals surface area contributed by atoms with Gasteiger partial charge in [0.15, 0.2) is 0 Å². The SMILES string of the molecule is CN1C[C@@H]2CN(c3cncc(-c4ccc5nc[nH]c5c4)c3)C[C@H]21. The van der Waals surface area contributed by atoms with Crippen LogP contribution in [0.1, 0.15) is 0 Å². The topological polar surface area (TPSA) is 48.1 Å². The average Bonchev–Trinajstić information content (AvgIpc) is 3.18. The molecule has 0 aliphatic carbocycles. The Bertz CT molecular complexity index is 870. The maximum absolute atomic E-state index is 4.48. The summed E-state index contributed by atoms with van der Waals surface area (Å²) in [6, 6.07) is 9.30. The van der Waals surface area contributed by atoms with Crippen LogP contribution in [0.4, 0.5) is 5.69 Å². The van der Waals surface area contributed by atoms with Gasteiger partial charge in [-0.15, -0.1) is 0 Å². The second-order valence-corrected chi connectivity index (χ2v) is 6.74. The van der Waals surface area contributed by atoms with Gasteiger partial charge in [-0.2, -0.15) is 0 Å². The van der Waals surface area contributed by atoms with Gasteiger partial charge in [0.2, 0.25) is 0 Å². The molecule has 0 amide bonds. The normalized spacial score (nSPS) is 24.0. The minimum atomic E-state index is 0.722. The highest BCUT2D eigenvalue weighted by Gasteiger charge is 2.43. The number of likely N-dealkylation sites (N-methyl/N-ethyl adjacent to an activating group) is 1. The van der Waals surface area contributed by atoms with Gasteiger partial charge in [-0.1, -0.05) is 6.07 Å². The smallest absolute Gasteiger partial charge is 0.0931 e. The van der Waals surface area contributed by atoms with Crippen LogP contribution in [-0.2, 0) is 0 Å². The summed E-state index contributed by atoms with van der Waals surface area (Å²) in [6.45, 7) is 3.50. The number of anilines is 1. The number of aromatic nitrogens is 3. The molecule has 2 saturated heterocycles. The molecular weight excluding hydrogens is 286 g/mol. The molecule has 2 aliphatic rings. The monoisotopic (exact) mass is 305 g/mol. The van der Waals surface area contributed by atoms with Gasteiger partial charge in [-0.25, -0.2) is 4.98 Å². The van der Waals surface area contributed by atoms with Crippen molar-refractivity contribution in [1.29, 1.82) is 0 Å². The van der Waals surface area contributed by atoms with Crippen molar-refractivity contribution in [2.24, 2.45) is 5.92 Å². The molecule has 4 heterocycles. The van der Waals surface area contributed by atoms with E-state index in [4.69, 9.17) is 0 Å². The Morgan fingerprint density at radius 3 is 2.91 bits per heavy atom. The maximum Gasteiger partial charge on any atom is 0.0931 e. The standard InChI is InChI=1S/C18H19N5/c1-22-8-14-9-23(10-18(14)22)15-4-13(6-19-7-15)12-2-3-16-17(5-12)21-11-20-16/h2-7,11,14,18H,8-10H2,1H3,(H,20,21)/t14-,18-/m1/s1. The predicted molar refractivity (Wildman–Crippen MR) is 91.4 cm³/mol. The number of hydrogen-bond acceptors (Lipinski definition) is 4. The Labute approximate surface area is 135 Å². The minimum Gasteiger partial charge on any atom is -0.368 e. The molecule has 0 saturated carbocycles. The van der Waals surface area contributed by atoms with Gasteiger partial charge in [-0.3, -0.25) is 4.98 Å². The van der Waals surface area contributed by atoms with Crippen LogP contribution >= 0.6 is 0 Å². The van der Waals surface area contributed by atoms with Crippen LogP contribution in [0.2, 0.25) is 0 Å². The number of imidazole rings is 1. The second-order valence-electron chi connectivity index (χ2n) is 6.74. The Morgan fingerprint density at radius 1 is 1.09 bits per heavy atom. The number of benzene rings is 1. The zero-order valence-electron chi connectivity index (χ0n) is 13.1. The lowest BCUT2D eigenvalue weighted by Crippen LogP contribution is -2.52. The van der Waals surface area contributed by atoms with E-state index in [0.29, 0.717) is 0 Å². The van der Waals surface area contributed by atoms with Crippen molar-refractivity contribution in [3.05, 3.63) is 43.0 Å². The molecule has 0 unspecified atom stereocenters. The quantitative estimate of drug-likeness (QED) is 0.790. The highest BCUT2D eigenvalue weighted by atomic mass is 15.3. The van der Waals surface area contributed by atoms with Crippen molar-refractivity contribution in [2.45, 2.75) is 6.04 Å². The van der Waals surface area contributed by atoms with Crippen molar-refractivity contribution in [3.8, 4) is 11.1 Å². The number of nitrogens with one attached hydrogen (secondary N) is 1. The molecular formula is C18H19N5. The fraction of sp³-hybridized carbons (Fsp3) is 0.333. The Balaban J connectivity index is 1.48. The Morgan fingerprint density at radius 2 is 2.04 bits per heavy atom. The molecule has 0 spiro atoms. The number of likely N-dealkylation sites (tertiary alicyclic amines) is 1. The van der Waals surface area contributed by atoms with E-state index in [2.05, 4.69) is 56.1 Å². The number of H-pyrrole nitrogens is 1. The third-order valence-electron chi connectivity index (χ3n) is 5.34. The van der Waals surface area contributed by atoms with E-state index < -0.39 is 0 Å². The molecule has 3 aromatic rings. The van der Waals surface area contributed by atoms with Gasteiger partial charge in [0.25, 0.3) is 0 Å². The van der Waals surface area contributed by atoms with Crippen molar-refractivity contribution in [3.63, 3.8) is 0 Å². The summed E-state index contributed by atoms with van der Waals surface area (Å²) in [5, 5.41) is 0. The van der Waals surface area contributed by atoms with Gasteiger partial charge in [0.05, 0.1) is 29.2 Å². The van der Waals surface area contributed by atoms with E-state index in [1.807, 2.05) is 12.4 Å². The van der Waals surface area contributed by atoms with Gasteiger partial charge in [-0.05, 0) is 30.8 Å². The van der Waals surface area contributed by atoms with E-state index in [9.17, 15) is 0 Å². The van der Waals surface area contributed by atoms with Crippen molar-refractivity contribution in [1.82, 2.24) is 19.9 Å². The molecule has 1 aromatic carbocycles. The van der Waals surface area contributed by atoms with E-state index in [-0.39, 0.29) is 0 Å². The van der Waals surface area contributed by atoms with E-state index in [1.54, 1.807) is 6.33 Å². The summed E-state index contributed by atoms with van der Waals surface area (Å²) in [6.07, 6.45) is 5.67.